The van der Waals surface area contributed by atoms with E-state index in [0.717, 1.165) is 52.5 Å². The number of hydrogen-bond donors (Lipinski definition) is 1. The number of hydrogen-bond acceptors (Lipinski definition) is 5. The van der Waals surface area contributed by atoms with Crippen LogP contribution in [0.15, 0.2) is 77.8 Å². The summed E-state index contributed by atoms with van der Waals surface area (Å²) in [5, 5.41) is 16.6. The molecule has 1 N–H and O–H groups in total. The summed E-state index contributed by atoms with van der Waals surface area (Å²) in [6, 6.07) is 22.0. The molecule has 2 aromatic heterocycles. The summed E-state index contributed by atoms with van der Waals surface area (Å²) in [4.78, 5) is 30.9. The van der Waals surface area contributed by atoms with Gasteiger partial charge in [-0.05, 0) is 79.0 Å². The number of benzene rings is 3. The number of nitrogens with one attached hydrogen (secondary N) is 1. The molecule has 9 heteroatoms. The van der Waals surface area contributed by atoms with Gasteiger partial charge in [0.05, 0.1) is 10.5 Å². The van der Waals surface area contributed by atoms with Crippen molar-refractivity contribution in [3.8, 4) is 0 Å². The van der Waals surface area contributed by atoms with E-state index in [2.05, 4.69) is 49.7 Å². The van der Waals surface area contributed by atoms with Crippen LogP contribution in [0.3, 0.4) is 0 Å². The number of thiophene rings is 1. The summed E-state index contributed by atoms with van der Waals surface area (Å²) in [6.45, 7) is 9.50. The summed E-state index contributed by atoms with van der Waals surface area (Å²) in [6.07, 6.45) is 4.71. The van der Waals surface area contributed by atoms with Gasteiger partial charge in [-0.25, -0.2) is 4.99 Å². The van der Waals surface area contributed by atoms with Crippen molar-refractivity contribution in [3.05, 3.63) is 121 Å². The van der Waals surface area contributed by atoms with Crippen molar-refractivity contribution in [2.24, 2.45) is 16.3 Å². The molecule has 7 nitrogen and oxygen atoms in total. The van der Waals surface area contributed by atoms with E-state index in [-0.39, 0.29) is 21.9 Å². The van der Waals surface area contributed by atoms with Crippen molar-refractivity contribution >= 4 is 62.3 Å². The molecular formula is C36H35ClN4O3S. The lowest BCUT2D eigenvalue weighted by Crippen LogP contribution is -2.27. The number of para-hydroxylation sites is 1. The zero-order chi connectivity index (χ0) is 31.9. The molecule has 0 spiro atoms. The third-order valence-electron chi connectivity index (χ3n) is 8.88. The summed E-state index contributed by atoms with van der Waals surface area (Å²) in [5.74, 6) is 0.376. The van der Waals surface area contributed by atoms with Gasteiger partial charge in [-0.1, -0.05) is 62.7 Å². The van der Waals surface area contributed by atoms with Gasteiger partial charge in [-0.2, -0.15) is 0 Å². The molecule has 2 heterocycles. The van der Waals surface area contributed by atoms with Gasteiger partial charge >= 0.3 is 0 Å². The summed E-state index contributed by atoms with van der Waals surface area (Å²) in [7, 11) is 0. The third kappa shape index (κ3) is 6.30. The second-order valence-electron chi connectivity index (χ2n) is 12.7. The van der Waals surface area contributed by atoms with Crippen LogP contribution in [0, 0.1) is 28.4 Å². The number of aromatic nitrogens is 1. The second kappa shape index (κ2) is 12.3. The van der Waals surface area contributed by atoms with Crippen LogP contribution in [-0.4, -0.2) is 21.6 Å². The second-order valence-corrected chi connectivity index (χ2v) is 14.3. The maximum atomic E-state index is 13.8. The number of nitro groups is 1. The first-order chi connectivity index (χ1) is 21.5. The fourth-order valence-corrected chi connectivity index (χ4v) is 7.61. The number of aliphatic imine (C=N–C) groups is 1. The normalized spacial score (nSPS) is 15.0. The van der Waals surface area contributed by atoms with Gasteiger partial charge in [0.2, 0.25) is 0 Å². The Balaban J connectivity index is 1.39. The number of carbonyl (C=O) groups excluding carboxylic acids is 1. The number of nitrogens with zero attached hydrogens (tertiary/aromatic N) is 3. The van der Waals surface area contributed by atoms with E-state index >= 15 is 0 Å². The number of carbonyl (C=O) groups is 1. The highest BCUT2D eigenvalue weighted by atomic mass is 35.5. The lowest BCUT2D eigenvalue weighted by atomic mass is 9.72. The van der Waals surface area contributed by atoms with E-state index in [1.807, 2.05) is 18.3 Å². The van der Waals surface area contributed by atoms with E-state index in [1.165, 1.54) is 17.0 Å². The molecule has 230 valence electrons. The minimum atomic E-state index is -0.385. The summed E-state index contributed by atoms with van der Waals surface area (Å²) >= 11 is 7.71. The number of anilines is 1. The zero-order valence-corrected chi connectivity index (χ0v) is 27.3. The van der Waals surface area contributed by atoms with Crippen LogP contribution in [0.5, 0.6) is 0 Å². The molecule has 0 bridgehead atoms. The number of fused-ring (bicyclic) bond motifs is 2. The van der Waals surface area contributed by atoms with Gasteiger partial charge in [0.25, 0.3) is 11.6 Å². The molecule has 0 unspecified atom stereocenters. The van der Waals surface area contributed by atoms with E-state index in [9.17, 15) is 14.9 Å². The average Bonchev–Trinajstić information content (AvgIpc) is 3.51. The summed E-state index contributed by atoms with van der Waals surface area (Å²) < 4.78 is 2.21. The van der Waals surface area contributed by atoms with Gasteiger partial charge < -0.3 is 9.88 Å². The van der Waals surface area contributed by atoms with Crippen molar-refractivity contribution in [3.63, 3.8) is 0 Å². The highest BCUT2D eigenvalue weighted by Gasteiger charge is 2.33. The number of rotatable bonds is 7. The van der Waals surface area contributed by atoms with Crippen molar-refractivity contribution in [2.75, 3.05) is 5.32 Å². The molecule has 0 aliphatic heterocycles. The van der Waals surface area contributed by atoms with E-state index < -0.39 is 0 Å². The van der Waals surface area contributed by atoms with Crippen molar-refractivity contribution in [1.29, 1.82) is 0 Å². The Morgan fingerprint density at radius 1 is 1.11 bits per heavy atom. The predicted octanol–water partition coefficient (Wildman–Crippen LogP) is 9.78. The fraction of sp³-hybridized carbons (Fsp3) is 0.278. The zero-order valence-electron chi connectivity index (χ0n) is 25.8. The lowest BCUT2D eigenvalue weighted by Gasteiger charge is -2.33. The Morgan fingerprint density at radius 3 is 2.51 bits per heavy atom. The molecule has 0 fully saturated rings. The molecular weight excluding hydrogens is 604 g/mol. The van der Waals surface area contributed by atoms with E-state index in [1.54, 1.807) is 47.7 Å². The van der Waals surface area contributed by atoms with Crippen molar-refractivity contribution < 1.29 is 9.72 Å². The number of nitro benzene ring substituents is 1. The van der Waals surface area contributed by atoms with Gasteiger partial charge in [0, 0.05) is 62.6 Å². The molecule has 1 atom stereocenters. The van der Waals surface area contributed by atoms with E-state index in [4.69, 9.17) is 16.6 Å². The molecule has 0 saturated carbocycles. The highest BCUT2D eigenvalue weighted by Crippen LogP contribution is 2.45. The maximum Gasteiger partial charge on any atom is 0.269 e. The first-order valence-electron chi connectivity index (χ1n) is 15.1. The standard InChI is InChI=1S/C36H35ClN4O3S/c1-22-30(28-7-5-6-8-31(28)40(22)21-23-9-16-27(17-10-23)41(43)44)20-38-35-33(34(42)39-26-14-12-25(37)13-15-26)29-18-11-24(36(2,3)4)19-32(29)45-35/h5-10,12-17,20,24H,11,18-19,21H2,1-4H3,(H,39,42)/t24-/m1/s1. The molecule has 1 aliphatic rings. The quantitative estimate of drug-likeness (QED) is 0.109. The topological polar surface area (TPSA) is 89.5 Å². The van der Waals surface area contributed by atoms with Gasteiger partial charge in [0.15, 0.2) is 0 Å². The smallest absolute Gasteiger partial charge is 0.269 e. The molecule has 5 aromatic rings. The van der Waals surface area contributed by atoms with Crippen LogP contribution >= 0.6 is 22.9 Å². The Labute approximate surface area is 271 Å². The Hall–Kier alpha value is -4.27. The first-order valence-corrected chi connectivity index (χ1v) is 16.3. The van der Waals surface area contributed by atoms with Crippen molar-refractivity contribution in [2.45, 2.75) is 53.5 Å². The predicted molar refractivity (Wildman–Crippen MR) is 185 cm³/mol. The molecule has 1 amide bonds. The molecule has 45 heavy (non-hydrogen) atoms. The third-order valence-corrected chi connectivity index (χ3v) is 10.3. The SMILES string of the molecule is Cc1c(C=Nc2sc3c(c2C(=O)Nc2ccc(Cl)cc2)CC[C@@H](C(C)(C)C)C3)c2ccccc2n1Cc1ccc([N+](=O)[O-])cc1. The molecule has 0 radical (unpaired) electrons. The molecule has 3 aromatic carbocycles. The maximum absolute atomic E-state index is 13.8. The Kier molecular flexibility index (Phi) is 8.37. The minimum Gasteiger partial charge on any atom is -0.340 e. The molecule has 6 rings (SSSR count). The van der Waals surface area contributed by atoms with Gasteiger partial charge in [0.1, 0.15) is 5.00 Å². The number of non-ortho nitro benzene ring substituents is 1. The molecule has 0 saturated heterocycles. The number of amides is 1. The van der Waals surface area contributed by atoms with Gasteiger partial charge in [-0.3, -0.25) is 14.9 Å². The van der Waals surface area contributed by atoms with Gasteiger partial charge in [-0.15, -0.1) is 11.3 Å². The summed E-state index contributed by atoms with van der Waals surface area (Å²) in [5.41, 5.74) is 6.73. The van der Waals surface area contributed by atoms with Crippen LogP contribution in [0.4, 0.5) is 16.4 Å². The van der Waals surface area contributed by atoms with Crippen molar-refractivity contribution in [1.82, 2.24) is 4.57 Å². The highest BCUT2D eigenvalue weighted by molar-refractivity contribution is 7.16. The van der Waals surface area contributed by atoms with Crippen LogP contribution in [0.2, 0.25) is 5.02 Å². The van der Waals surface area contributed by atoms with Crippen LogP contribution in [-0.2, 0) is 19.4 Å². The Morgan fingerprint density at radius 2 is 1.82 bits per heavy atom. The van der Waals surface area contributed by atoms with Crippen LogP contribution in [0.1, 0.15) is 64.8 Å². The monoisotopic (exact) mass is 638 g/mol. The Bertz CT molecular complexity index is 1930. The molecule has 1 aliphatic carbocycles. The first kappa shape index (κ1) is 30.7. The average molecular weight is 639 g/mol. The minimum absolute atomic E-state index is 0.0732. The number of halogens is 1. The fourth-order valence-electron chi connectivity index (χ4n) is 6.22. The lowest BCUT2D eigenvalue weighted by molar-refractivity contribution is -0.384. The van der Waals surface area contributed by atoms with Crippen LogP contribution in [0.25, 0.3) is 10.9 Å². The largest absolute Gasteiger partial charge is 0.340 e. The van der Waals surface area contributed by atoms with E-state index in [0.29, 0.717) is 33.7 Å². The van der Waals surface area contributed by atoms with Crippen LogP contribution < -0.4 is 5.32 Å².